The van der Waals surface area contributed by atoms with E-state index in [1.807, 2.05) is 0 Å². The van der Waals surface area contributed by atoms with Crippen molar-refractivity contribution in [3.05, 3.63) is 0 Å². The fraction of sp³-hybridized carbons (Fsp3) is 1.00. The average molecular weight is 143 g/mol. The molecule has 0 radical (unpaired) electrons. The molecule has 1 aliphatic heterocycles. The van der Waals surface area contributed by atoms with E-state index in [0.29, 0.717) is 12.6 Å². The Bertz CT molecular complexity index is 87.3. The van der Waals surface area contributed by atoms with Crippen molar-refractivity contribution in [2.24, 2.45) is 5.92 Å². The summed E-state index contributed by atoms with van der Waals surface area (Å²) in [5.41, 5.74) is 0. The number of piperidine rings is 1. The Kier molecular flexibility index (Phi) is 3.16. The van der Waals surface area contributed by atoms with Crippen LogP contribution in [0.3, 0.4) is 0 Å². The van der Waals surface area contributed by atoms with E-state index in [4.69, 9.17) is 5.11 Å². The van der Waals surface area contributed by atoms with E-state index in [1.165, 1.54) is 12.8 Å². The molecule has 0 bridgehead atoms. The summed E-state index contributed by atoms with van der Waals surface area (Å²) in [6, 6.07) is 0.690. The number of nitrogens with one attached hydrogen (secondary N) is 1. The molecule has 2 nitrogen and oxygen atoms in total. The lowest BCUT2D eigenvalue weighted by atomic mass is 9.93. The van der Waals surface area contributed by atoms with Gasteiger partial charge >= 0.3 is 0 Å². The zero-order valence-corrected chi connectivity index (χ0v) is 6.64. The molecular formula is C8H17NO. The smallest absolute Gasteiger partial charge is 0.0434 e. The Balaban J connectivity index is 2.13. The van der Waals surface area contributed by atoms with Gasteiger partial charge in [-0.1, -0.05) is 0 Å². The third-order valence-corrected chi connectivity index (χ3v) is 2.30. The molecule has 0 spiro atoms. The summed E-state index contributed by atoms with van der Waals surface area (Å²) < 4.78 is 0. The average Bonchev–Trinajstić information content (AvgIpc) is 1.95. The topological polar surface area (TPSA) is 32.3 Å². The highest BCUT2D eigenvalue weighted by Crippen LogP contribution is 2.16. The molecule has 0 aromatic heterocycles. The van der Waals surface area contributed by atoms with E-state index in [9.17, 15) is 0 Å². The second-order valence-electron chi connectivity index (χ2n) is 3.26. The van der Waals surface area contributed by atoms with Gasteiger partial charge in [0.15, 0.2) is 0 Å². The highest BCUT2D eigenvalue weighted by Gasteiger charge is 2.15. The maximum Gasteiger partial charge on any atom is 0.0434 e. The molecule has 0 aliphatic carbocycles. The lowest BCUT2D eigenvalue weighted by Crippen LogP contribution is -2.37. The van der Waals surface area contributed by atoms with Crippen LogP contribution < -0.4 is 5.32 Å². The van der Waals surface area contributed by atoms with Crippen LogP contribution in [0.2, 0.25) is 0 Å². The minimum atomic E-state index is 0.348. The van der Waals surface area contributed by atoms with E-state index in [0.717, 1.165) is 18.9 Å². The molecule has 10 heavy (non-hydrogen) atoms. The summed E-state index contributed by atoms with van der Waals surface area (Å²) in [5.74, 6) is 0.723. The third-order valence-electron chi connectivity index (χ3n) is 2.30. The number of rotatable bonds is 2. The Hall–Kier alpha value is -0.0800. The summed E-state index contributed by atoms with van der Waals surface area (Å²) in [4.78, 5) is 0. The highest BCUT2D eigenvalue weighted by atomic mass is 16.3. The van der Waals surface area contributed by atoms with Crippen molar-refractivity contribution >= 4 is 0 Å². The van der Waals surface area contributed by atoms with Gasteiger partial charge in [-0.3, -0.25) is 0 Å². The van der Waals surface area contributed by atoms with Crippen LogP contribution in [-0.2, 0) is 0 Å². The van der Waals surface area contributed by atoms with Crippen molar-refractivity contribution in [2.45, 2.75) is 32.2 Å². The second-order valence-corrected chi connectivity index (χ2v) is 3.26. The standard InChI is InChI=1S/C8H17NO/c1-7-2-3-8(4-5-10)6-9-7/h7-10H,2-6H2,1H3/t7-,8+/m1/s1. The van der Waals surface area contributed by atoms with Crippen molar-refractivity contribution in [1.82, 2.24) is 5.32 Å². The largest absolute Gasteiger partial charge is 0.396 e. The highest BCUT2D eigenvalue weighted by molar-refractivity contribution is 4.74. The SMILES string of the molecule is C[C@@H]1CC[C@@H](CCO)CN1. The van der Waals surface area contributed by atoms with Gasteiger partial charge in [0.1, 0.15) is 0 Å². The molecule has 1 heterocycles. The van der Waals surface area contributed by atoms with Gasteiger partial charge in [0.2, 0.25) is 0 Å². The molecule has 2 heteroatoms. The molecule has 0 aromatic carbocycles. The molecule has 2 N–H and O–H groups in total. The first-order valence-electron chi connectivity index (χ1n) is 4.17. The van der Waals surface area contributed by atoms with Gasteiger partial charge in [-0.25, -0.2) is 0 Å². The Morgan fingerprint density at radius 2 is 2.30 bits per heavy atom. The van der Waals surface area contributed by atoms with Crippen LogP contribution in [0.4, 0.5) is 0 Å². The maximum absolute atomic E-state index is 8.66. The zero-order chi connectivity index (χ0) is 7.40. The molecule has 1 aliphatic rings. The Labute approximate surface area is 62.6 Å². The van der Waals surface area contributed by atoms with Crippen LogP contribution in [0.15, 0.2) is 0 Å². The van der Waals surface area contributed by atoms with Crippen molar-refractivity contribution in [1.29, 1.82) is 0 Å². The van der Waals surface area contributed by atoms with Crippen LogP contribution in [0, 0.1) is 5.92 Å². The molecule has 0 saturated carbocycles. The second kappa shape index (κ2) is 3.94. The predicted octanol–water partition coefficient (Wildman–Crippen LogP) is 0.757. The van der Waals surface area contributed by atoms with Gasteiger partial charge < -0.3 is 10.4 Å². The summed E-state index contributed by atoms with van der Waals surface area (Å²) in [7, 11) is 0. The molecule has 1 saturated heterocycles. The molecular weight excluding hydrogens is 126 g/mol. The summed E-state index contributed by atoms with van der Waals surface area (Å²) in [6.07, 6.45) is 3.53. The lowest BCUT2D eigenvalue weighted by Gasteiger charge is -2.26. The molecule has 1 rings (SSSR count). The molecule has 1 fully saturated rings. The first-order valence-corrected chi connectivity index (χ1v) is 4.17. The summed E-state index contributed by atoms with van der Waals surface area (Å²) in [5, 5.41) is 12.1. The monoisotopic (exact) mass is 143 g/mol. The Morgan fingerprint density at radius 1 is 1.50 bits per heavy atom. The van der Waals surface area contributed by atoms with Gasteiger partial charge in [0.25, 0.3) is 0 Å². The molecule has 0 amide bonds. The lowest BCUT2D eigenvalue weighted by molar-refractivity contribution is 0.225. The van der Waals surface area contributed by atoms with E-state index >= 15 is 0 Å². The quantitative estimate of drug-likeness (QED) is 0.598. The number of hydrogen-bond acceptors (Lipinski definition) is 2. The minimum Gasteiger partial charge on any atom is -0.396 e. The van der Waals surface area contributed by atoms with Gasteiger partial charge in [-0.05, 0) is 38.6 Å². The van der Waals surface area contributed by atoms with Crippen molar-refractivity contribution in [2.75, 3.05) is 13.2 Å². The number of aliphatic hydroxyl groups excluding tert-OH is 1. The number of hydrogen-bond donors (Lipinski definition) is 2. The van der Waals surface area contributed by atoms with Gasteiger partial charge in [0, 0.05) is 12.6 Å². The Morgan fingerprint density at radius 3 is 2.80 bits per heavy atom. The summed E-state index contributed by atoms with van der Waals surface area (Å²) in [6.45, 7) is 3.66. The number of aliphatic hydroxyl groups is 1. The third kappa shape index (κ3) is 2.27. The van der Waals surface area contributed by atoms with E-state index < -0.39 is 0 Å². The normalized spacial score (nSPS) is 34.2. The van der Waals surface area contributed by atoms with Crippen molar-refractivity contribution in [3.8, 4) is 0 Å². The summed E-state index contributed by atoms with van der Waals surface area (Å²) >= 11 is 0. The van der Waals surface area contributed by atoms with Crippen LogP contribution in [-0.4, -0.2) is 24.3 Å². The maximum atomic E-state index is 8.66. The molecule has 0 unspecified atom stereocenters. The van der Waals surface area contributed by atoms with Crippen LogP contribution in [0.5, 0.6) is 0 Å². The zero-order valence-electron chi connectivity index (χ0n) is 6.64. The van der Waals surface area contributed by atoms with E-state index in [1.54, 1.807) is 0 Å². The van der Waals surface area contributed by atoms with Crippen molar-refractivity contribution in [3.63, 3.8) is 0 Å². The van der Waals surface area contributed by atoms with Crippen LogP contribution in [0.1, 0.15) is 26.2 Å². The molecule has 0 aromatic rings. The van der Waals surface area contributed by atoms with Gasteiger partial charge in [0.05, 0.1) is 0 Å². The fourth-order valence-corrected chi connectivity index (χ4v) is 1.49. The van der Waals surface area contributed by atoms with E-state index in [-0.39, 0.29) is 0 Å². The fourth-order valence-electron chi connectivity index (χ4n) is 1.49. The molecule has 60 valence electrons. The van der Waals surface area contributed by atoms with Crippen molar-refractivity contribution < 1.29 is 5.11 Å². The van der Waals surface area contributed by atoms with Gasteiger partial charge in [-0.2, -0.15) is 0 Å². The van der Waals surface area contributed by atoms with Crippen LogP contribution in [0.25, 0.3) is 0 Å². The minimum absolute atomic E-state index is 0.348. The predicted molar refractivity (Wildman–Crippen MR) is 41.9 cm³/mol. The molecule has 2 atom stereocenters. The first kappa shape index (κ1) is 8.02. The van der Waals surface area contributed by atoms with Crippen LogP contribution >= 0.6 is 0 Å². The first-order chi connectivity index (χ1) is 4.83. The van der Waals surface area contributed by atoms with Gasteiger partial charge in [-0.15, -0.1) is 0 Å². The van der Waals surface area contributed by atoms with E-state index in [2.05, 4.69) is 12.2 Å².